The molecule has 0 saturated carbocycles. The third kappa shape index (κ3) is 3.35. The minimum atomic E-state index is -4.15. The van der Waals surface area contributed by atoms with Crippen molar-refractivity contribution < 1.29 is 13.2 Å². The van der Waals surface area contributed by atoms with Crippen LogP contribution in [0.3, 0.4) is 0 Å². The maximum absolute atomic E-state index is 12.2. The molecule has 1 aromatic carbocycles. The fourth-order valence-electron chi connectivity index (χ4n) is 1.70. The van der Waals surface area contributed by atoms with Crippen LogP contribution in [0.15, 0.2) is 18.2 Å². The molecule has 0 aliphatic heterocycles. The summed E-state index contributed by atoms with van der Waals surface area (Å²) in [6, 6.07) is 5.12. The average molecular weight is 274 g/mol. The van der Waals surface area contributed by atoms with Gasteiger partial charge in [-0.3, -0.25) is 0 Å². The third-order valence-electron chi connectivity index (χ3n) is 2.45. The van der Waals surface area contributed by atoms with Crippen LogP contribution in [0.4, 0.5) is 18.3 Å². The highest BCUT2D eigenvalue weighted by Crippen LogP contribution is 2.29. The number of rotatable bonds is 3. The van der Waals surface area contributed by atoms with Crippen molar-refractivity contribution in [2.45, 2.75) is 32.5 Å². The van der Waals surface area contributed by atoms with Crippen LogP contribution in [0, 0.1) is 6.92 Å². The van der Waals surface area contributed by atoms with Crippen molar-refractivity contribution in [1.29, 1.82) is 0 Å². The van der Waals surface area contributed by atoms with Crippen LogP contribution in [0.25, 0.3) is 10.2 Å². The first-order valence-corrected chi connectivity index (χ1v) is 6.35. The van der Waals surface area contributed by atoms with Crippen molar-refractivity contribution in [3.8, 4) is 0 Å². The monoisotopic (exact) mass is 274 g/mol. The number of hydrogen-bond donors (Lipinski definition) is 1. The second kappa shape index (κ2) is 4.76. The minimum absolute atomic E-state index is 0.535. The van der Waals surface area contributed by atoms with E-state index in [1.54, 1.807) is 0 Å². The molecule has 0 aliphatic carbocycles. The predicted molar refractivity (Wildman–Crippen MR) is 68.1 cm³/mol. The van der Waals surface area contributed by atoms with Crippen molar-refractivity contribution in [2.75, 3.05) is 5.32 Å². The zero-order valence-electron chi connectivity index (χ0n) is 10.0. The van der Waals surface area contributed by atoms with Gasteiger partial charge in [0.2, 0.25) is 0 Å². The van der Waals surface area contributed by atoms with Gasteiger partial charge < -0.3 is 5.32 Å². The van der Waals surface area contributed by atoms with Gasteiger partial charge in [0.15, 0.2) is 5.13 Å². The van der Waals surface area contributed by atoms with Gasteiger partial charge in [-0.05, 0) is 31.5 Å². The summed E-state index contributed by atoms with van der Waals surface area (Å²) >= 11 is 1.38. The minimum Gasteiger partial charge on any atom is -0.359 e. The van der Waals surface area contributed by atoms with Gasteiger partial charge in [-0.2, -0.15) is 13.2 Å². The lowest BCUT2D eigenvalue weighted by Gasteiger charge is -2.14. The van der Waals surface area contributed by atoms with E-state index in [1.807, 2.05) is 25.1 Å². The summed E-state index contributed by atoms with van der Waals surface area (Å²) in [6.45, 7) is 3.48. The average Bonchev–Trinajstić information content (AvgIpc) is 2.55. The van der Waals surface area contributed by atoms with E-state index >= 15 is 0 Å². The molecule has 0 fully saturated rings. The van der Waals surface area contributed by atoms with Crippen LogP contribution in [0.2, 0.25) is 0 Å². The van der Waals surface area contributed by atoms with Crippen molar-refractivity contribution in [2.24, 2.45) is 0 Å². The van der Waals surface area contributed by atoms with Crippen LogP contribution < -0.4 is 5.32 Å². The highest BCUT2D eigenvalue weighted by Gasteiger charge is 2.30. The summed E-state index contributed by atoms with van der Waals surface area (Å²) < 4.78 is 37.6. The van der Waals surface area contributed by atoms with Gasteiger partial charge in [0.25, 0.3) is 0 Å². The molecule has 0 bridgehead atoms. The van der Waals surface area contributed by atoms with Crippen molar-refractivity contribution in [3.05, 3.63) is 23.8 Å². The highest BCUT2D eigenvalue weighted by molar-refractivity contribution is 7.22. The smallest absolute Gasteiger partial charge is 0.359 e. The first-order chi connectivity index (χ1) is 8.33. The van der Waals surface area contributed by atoms with E-state index in [2.05, 4.69) is 10.3 Å². The van der Waals surface area contributed by atoms with E-state index in [9.17, 15) is 13.2 Å². The Morgan fingerprint density at radius 1 is 1.39 bits per heavy atom. The standard InChI is InChI=1S/C12H13F3N2S/c1-7-3-4-9-10(5-7)18-11(17-9)16-8(2)6-12(13,14)15/h3-5,8H,6H2,1-2H3,(H,16,17). The van der Waals surface area contributed by atoms with Crippen LogP contribution in [0.1, 0.15) is 18.9 Å². The zero-order valence-corrected chi connectivity index (χ0v) is 10.8. The van der Waals surface area contributed by atoms with Crippen LogP contribution in [-0.2, 0) is 0 Å². The maximum Gasteiger partial charge on any atom is 0.391 e. The fourth-order valence-corrected chi connectivity index (χ4v) is 2.78. The van der Waals surface area contributed by atoms with E-state index in [0.717, 1.165) is 15.8 Å². The van der Waals surface area contributed by atoms with E-state index < -0.39 is 18.6 Å². The molecule has 2 aromatic rings. The Bertz CT molecular complexity index is 548. The molecule has 0 aliphatic rings. The SMILES string of the molecule is Cc1ccc2nc(NC(C)CC(F)(F)F)sc2c1. The fraction of sp³-hybridized carbons (Fsp3) is 0.417. The number of hydrogen-bond acceptors (Lipinski definition) is 3. The van der Waals surface area contributed by atoms with Crippen molar-refractivity contribution in [1.82, 2.24) is 4.98 Å². The molecular weight excluding hydrogens is 261 g/mol. The molecule has 1 heterocycles. The topological polar surface area (TPSA) is 24.9 Å². The Kier molecular flexibility index (Phi) is 3.47. The molecule has 98 valence electrons. The summed E-state index contributed by atoms with van der Waals surface area (Å²) in [5, 5.41) is 3.33. The first-order valence-electron chi connectivity index (χ1n) is 5.54. The summed E-state index contributed by atoms with van der Waals surface area (Å²) in [4.78, 5) is 4.26. The maximum atomic E-state index is 12.2. The summed E-state index contributed by atoms with van der Waals surface area (Å²) in [6.07, 6.45) is -5.01. The van der Waals surface area contributed by atoms with E-state index in [4.69, 9.17) is 0 Å². The number of halogens is 3. The molecule has 18 heavy (non-hydrogen) atoms. The lowest BCUT2D eigenvalue weighted by Crippen LogP contribution is -2.23. The summed E-state index contributed by atoms with van der Waals surface area (Å²) in [7, 11) is 0. The second-order valence-corrected chi connectivity index (χ2v) is 5.39. The van der Waals surface area contributed by atoms with Crippen molar-refractivity contribution in [3.63, 3.8) is 0 Å². The predicted octanol–water partition coefficient (Wildman–Crippen LogP) is 4.36. The lowest BCUT2D eigenvalue weighted by molar-refractivity contribution is -0.136. The molecule has 6 heteroatoms. The Morgan fingerprint density at radius 3 is 2.78 bits per heavy atom. The van der Waals surface area contributed by atoms with E-state index in [1.165, 1.54) is 18.3 Å². The number of thiazole rings is 1. The van der Waals surface area contributed by atoms with Gasteiger partial charge in [-0.15, -0.1) is 0 Å². The quantitative estimate of drug-likeness (QED) is 0.899. The van der Waals surface area contributed by atoms with Gasteiger partial charge >= 0.3 is 6.18 Å². The molecule has 1 unspecified atom stereocenters. The Labute approximate surface area is 107 Å². The van der Waals surface area contributed by atoms with Gasteiger partial charge in [0, 0.05) is 6.04 Å². The Balaban J connectivity index is 2.12. The molecule has 2 nitrogen and oxygen atoms in total. The molecule has 1 N–H and O–H groups in total. The van der Waals surface area contributed by atoms with E-state index in [0.29, 0.717) is 5.13 Å². The number of nitrogens with one attached hydrogen (secondary N) is 1. The molecule has 0 radical (unpaired) electrons. The summed E-state index contributed by atoms with van der Waals surface area (Å²) in [5.74, 6) is 0. The second-order valence-electron chi connectivity index (χ2n) is 4.35. The van der Waals surface area contributed by atoms with Gasteiger partial charge in [0.1, 0.15) is 0 Å². The number of alkyl halides is 3. The molecule has 1 atom stereocenters. The molecule has 0 saturated heterocycles. The molecule has 1 aromatic heterocycles. The van der Waals surface area contributed by atoms with Gasteiger partial charge in [-0.25, -0.2) is 4.98 Å². The molecule has 0 amide bonds. The third-order valence-corrected chi connectivity index (χ3v) is 3.40. The number of aryl methyl sites for hydroxylation is 1. The van der Waals surface area contributed by atoms with Crippen molar-refractivity contribution >= 4 is 26.7 Å². The Morgan fingerprint density at radius 2 is 2.11 bits per heavy atom. The molecular formula is C12H13F3N2S. The lowest BCUT2D eigenvalue weighted by atomic mass is 10.2. The van der Waals surface area contributed by atoms with Crippen LogP contribution >= 0.6 is 11.3 Å². The number of fused-ring (bicyclic) bond motifs is 1. The summed E-state index contributed by atoms with van der Waals surface area (Å²) in [5.41, 5.74) is 1.92. The number of nitrogens with zero attached hydrogens (tertiary/aromatic N) is 1. The zero-order chi connectivity index (χ0) is 13.3. The highest BCUT2D eigenvalue weighted by atomic mass is 32.1. The first kappa shape index (κ1) is 13.1. The van der Waals surface area contributed by atoms with Gasteiger partial charge in [-0.1, -0.05) is 17.4 Å². The number of benzene rings is 1. The van der Waals surface area contributed by atoms with Crippen LogP contribution in [-0.4, -0.2) is 17.2 Å². The molecule has 2 rings (SSSR count). The molecule has 0 spiro atoms. The number of aromatic nitrogens is 1. The van der Waals surface area contributed by atoms with E-state index in [-0.39, 0.29) is 0 Å². The van der Waals surface area contributed by atoms with Gasteiger partial charge in [0.05, 0.1) is 16.6 Å². The van der Waals surface area contributed by atoms with Crippen LogP contribution in [0.5, 0.6) is 0 Å². The normalized spacial score (nSPS) is 13.8. The Hall–Kier alpha value is -1.30. The number of anilines is 1. The largest absolute Gasteiger partial charge is 0.391 e.